The predicted octanol–water partition coefficient (Wildman–Crippen LogP) is 7.35. The molecule has 0 radical (unpaired) electrons. The Labute approximate surface area is 219 Å². The van der Waals surface area contributed by atoms with Crippen molar-refractivity contribution >= 4 is 58.4 Å². The summed E-state index contributed by atoms with van der Waals surface area (Å²) in [6.07, 6.45) is 1.18. The fraction of sp³-hybridized carbons (Fsp3) is 0.222. The molecule has 0 spiro atoms. The molecular weight excluding hydrogens is 501 g/mol. The van der Waals surface area contributed by atoms with Crippen LogP contribution in [0.2, 0.25) is 10.0 Å². The number of ether oxygens (including phenoxy) is 1. The SMILES string of the molecule is CCOC(=O)c1c(Nc2ccc(Cl)cc2)oc(/C=C(\C#N)C(=O)Nc2ccc(C(C)(C)C)cc2)c1Cl. The number of hydrogen-bond acceptors (Lipinski definition) is 6. The molecule has 9 heteroatoms. The van der Waals surface area contributed by atoms with E-state index in [4.69, 9.17) is 32.4 Å². The summed E-state index contributed by atoms with van der Waals surface area (Å²) >= 11 is 12.4. The molecule has 0 aliphatic rings. The number of halogens is 2. The van der Waals surface area contributed by atoms with Crippen LogP contribution in [0.25, 0.3) is 6.08 Å². The van der Waals surface area contributed by atoms with Gasteiger partial charge in [-0.2, -0.15) is 5.26 Å². The van der Waals surface area contributed by atoms with Gasteiger partial charge >= 0.3 is 5.97 Å². The molecule has 1 heterocycles. The van der Waals surface area contributed by atoms with Gasteiger partial charge in [-0.05, 0) is 54.3 Å². The fourth-order valence-electron chi connectivity index (χ4n) is 3.19. The average Bonchev–Trinajstić information content (AvgIpc) is 3.13. The van der Waals surface area contributed by atoms with E-state index in [0.29, 0.717) is 16.4 Å². The first-order valence-corrected chi connectivity index (χ1v) is 11.8. The van der Waals surface area contributed by atoms with Crippen LogP contribution in [0.15, 0.2) is 58.5 Å². The van der Waals surface area contributed by atoms with Crippen molar-refractivity contribution in [2.24, 2.45) is 0 Å². The molecule has 0 saturated heterocycles. The molecule has 0 fully saturated rings. The Morgan fingerprint density at radius 1 is 1.06 bits per heavy atom. The zero-order valence-corrected chi connectivity index (χ0v) is 21.8. The van der Waals surface area contributed by atoms with E-state index in [2.05, 4.69) is 31.4 Å². The normalized spacial score (nSPS) is 11.5. The first-order chi connectivity index (χ1) is 17.0. The van der Waals surface area contributed by atoms with E-state index in [1.165, 1.54) is 6.08 Å². The van der Waals surface area contributed by atoms with Gasteiger partial charge in [-0.3, -0.25) is 4.79 Å². The molecule has 3 aromatic rings. The molecule has 0 aliphatic carbocycles. The Hall–Kier alpha value is -3.73. The van der Waals surface area contributed by atoms with Crippen molar-refractivity contribution in [2.45, 2.75) is 33.1 Å². The highest BCUT2D eigenvalue weighted by atomic mass is 35.5. The van der Waals surface area contributed by atoms with E-state index in [9.17, 15) is 14.9 Å². The number of benzene rings is 2. The van der Waals surface area contributed by atoms with Crippen molar-refractivity contribution in [2.75, 3.05) is 17.2 Å². The highest BCUT2D eigenvalue weighted by Gasteiger charge is 2.26. The maximum absolute atomic E-state index is 12.8. The van der Waals surface area contributed by atoms with Gasteiger partial charge in [0, 0.05) is 22.5 Å². The Bertz CT molecular complexity index is 1330. The molecule has 0 saturated carbocycles. The first kappa shape index (κ1) is 26.9. The third kappa shape index (κ3) is 6.48. The van der Waals surface area contributed by atoms with Crippen LogP contribution in [0.4, 0.5) is 17.3 Å². The standard InChI is InChI=1S/C27H25Cl2N3O4/c1-5-35-26(34)22-23(29)21(36-25(22)32-20-12-8-18(28)9-13-20)14-16(15-30)24(33)31-19-10-6-17(7-11-19)27(2,3)4/h6-14,32H,5H2,1-4H3,(H,31,33)/b16-14+. The summed E-state index contributed by atoms with van der Waals surface area (Å²) in [5.41, 5.74) is 1.84. The monoisotopic (exact) mass is 525 g/mol. The van der Waals surface area contributed by atoms with Crippen LogP contribution >= 0.6 is 23.2 Å². The molecule has 0 unspecified atom stereocenters. The molecule has 7 nitrogen and oxygen atoms in total. The Kier molecular flexibility index (Phi) is 8.46. The lowest BCUT2D eigenvalue weighted by Crippen LogP contribution is -2.14. The van der Waals surface area contributed by atoms with Crippen molar-refractivity contribution in [1.82, 2.24) is 0 Å². The van der Waals surface area contributed by atoms with Gasteiger partial charge in [-0.1, -0.05) is 56.1 Å². The van der Waals surface area contributed by atoms with E-state index in [1.807, 2.05) is 18.2 Å². The van der Waals surface area contributed by atoms with Crippen LogP contribution in [0, 0.1) is 11.3 Å². The maximum Gasteiger partial charge on any atom is 0.345 e. The highest BCUT2D eigenvalue weighted by molar-refractivity contribution is 6.36. The first-order valence-electron chi connectivity index (χ1n) is 11.1. The lowest BCUT2D eigenvalue weighted by molar-refractivity contribution is -0.112. The van der Waals surface area contributed by atoms with E-state index in [-0.39, 0.29) is 39.8 Å². The van der Waals surface area contributed by atoms with Crippen LogP contribution in [-0.2, 0) is 14.9 Å². The molecule has 1 amide bonds. The largest absolute Gasteiger partial charge is 0.462 e. The predicted molar refractivity (Wildman–Crippen MR) is 142 cm³/mol. The summed E-state index contributed by atoms with van der Waals surface area (Å²) in [7, 11) is 0. The Morgan fingerprint density at radius 3 is 2.22 bits per heavy atom. The maximum atomic E-state index is 12.8. The Balaban J connectivity index is 1.92. The summed E-state index contributed by atoms with van der Waals surface area (Å²) in [4.78, 5) is 25.4. The molecule has 2 aromatic carbocycles. The second-order valence-electron chi connectivity index (χ2n) is 8.79. The molecule has 0 bridgehead atoms. The van der Waals surface area contributed by atoms with Gasteiger partial charge in [0.2, 0.25) is 5.88 Å². The molecule has 1 aromatic heterocycles. The molecule has 186 valence electrons. The van der Waals surface area contributed by atoms with Crippen LogP contribution < -0.4 is 10.6 Å². The van der Waals surface area contributed by atoms with E-state index >= 15 is 0 Å². The number of rotatable bonds is 7. The van der Waals surface area contributed by atoms with Gasteiger partial charge < -0.3 is 19.8 Å². The number of hydrogen-bond donors (Lipinski definition) is 2. The topological polar surface area (TPSA) is 104 Å². The number of nitriles is 1. The lowest BCUT2D eigenvalue weighted by atomic mass is 9.87. The zero-order valence-electron chi connectivity index (χ0n) is 20.2. The van der Waals surface area contributed by atoms with Gasteiger partial charge in [-0.15, -0.1) is 0 Å². The molecule has 36 heavy (non-hydrogen) atoms. The van der Waals surface area contributed by atoms with Gasteiger partial charge in [0.25, 0.3) is 5.91 Å². The summed E-state index contributed by atoms with van der Waals surface area (Å²) in [6, 6.07) is 15.9. The quantitative estimate of drug-likeness (QED) is 0.190. The molecule has 0 aliphatic heterocycles. The van der Waals surface area contributed by atoms with Crippen LogP contribution in [0.5, 0.6) is 0 Å². The highest BCUT2D eigenvalue weighted by Crippen LogP contribution is 2.36. The summed E-state index contributed by atoms with van der Waals surface area (Å²) in [5.74, 6) is -1.42. The smallest absolute Gasteiger partial charge is 0.345 e. The fourth-order valence-corrected chi connectivity index (χ4v) is 3.57. The average molecular weight is 526 g/mol. The number of nitrogens with one attached hydrogen (secondary N) is 2. The molecule has 2 N–H and O–H groups in total. The second-order valence-corrected chi connectivity index (χ2v) is 9.60. The van der Waals surface area contributed by atoms with Gasteiger partial charge in [0.05, 0.1) is 6.61 Å². The minimum absolute atomic E-state index is 0.00231. The van der Waals surface area contributed by atoms with Gasteiger partial charge in [-0.25, -0.2) is 4.79 Å². The molecular formula is C27H25Cl2N3O4. The summed E-state index contributed by atoms with van der Waals surface area (Å²) in [5, 5.41) is 15.7. The third-order valence-electron chi connectivity index (χ3n) is 5.11. The number of amides is 1. The number of furan rings is 1. The van der Waals surface area contributed by atoms with Crippen molar-refractivity contribution in [3.8, 4) is 6.07 Å². The van der Waals surface area contributed by atoms with Gasteiger partial charge in [0.15, 0.2) is 5.76 Å². The van der Waals surface area contributed by atoms with Crippen molar-refractivity contribution in [3.05, 3.63) is 81.0 Å². The van der Waals surface area contributed by atoms with E-state index < -0.39 is 11.9 Å². The van der Waals surface area contributed by atoms with E-state index in [1.54, 1.807) is 43.3 Å². The number of esters is 1. The van der Waals surface area contributed by atoms with Gasteiger partial charge in [0.1, 0.15) is 22.2 Å². The van der Waals surface area contributed by atoms with Crippen molar-refractivity contribution in [3.63, 3.8) is 0 Å². The number of carbonyl (C=O) groups is 2. The van der Waals surface area contributed by atoms with Crippen LogP contribution in [0.1, 0.15) is 49.4 Å². The number of nitrogens with zero attached hydrogens (tertiary/aromatic N) is 1. The minimum atomic E-state index is -0.718. The molecule has 3 rings (SSSR count). The molecule has 0 atom stereocenters. The summed E-state index contributed by atoms with van der Waals surface area (Å²) in [6.45, 7) is 8.04. The zero-order chi connectivity index (χ0) is 26.5. The van der Waals surface area contributed by atoms with Crippen LogP contribution in [0.3, 0.4) is 0 Å². The van der Waals surface area contributed by atoms with E-state index in [0.717, 1.165) is 5.56 Å². The number of carbonyl (C=O) groups excluding carboxylic acids is 2. The third-order valence-corrected chi connectivity index (χ3v) is 5.73. The lowest BCUT2D eigenvalue weighted by Gasteiger charge is -2.19. The summed E-state index contributed by atoms with van der Waals surface area (Å²) < 4.78 is 10.9. The minimum Gasteiger partial charge on any atom is -0.462 e. The van der Waals surface area contributed by atoms with Crippen molar-refractivity contribution in [1.29, 1.82) is 5.26 Å². The Morgan fingerprint density at radius 2 is 1.67 bits per heavy atom. The second kappa shape index (κ2) is 11.3. The number of anilines is 3. The van der Waals surface area contributed by atoms with Crippen molar-refractivity contribution < 1.29 is 18.7 Å². The van der Waals surface area contributed by atoms with Crippen LogP contribution in [-0.4, -0.2) is 18.5 Å².